The average molecular weight is 427 g/mol. The molecule has 2 rings (SSSR count). The van der Waals surface area contributed by atoms with Crippen LogP contribution in [-0.2, 0) is 28.4 Å². The summed E-state index contributed by atoms with van der Waals surface area (Å²) in [7, 11) is -10.6. The topological polar surface area (TPSA) is 183 Å². The van der Waals surface area contributed by atoms with E-state index in [1.165, 1.54) is 6.92 Å². The van der Waals surface area contributed by atoms with Gasteiger partial charge in [-0.2, -0.15) is 9.29 Å². The van der Waals surface area contributed by atoms with Crippen molar-refractivity contribution in [3.05, 3.63) is 22.2 Å². The van der Waals surface area contributed by atoms with Gasteiger partial charge in [-0.25, -0.2) is 18.3 Å². The van der Waals surface area contributed by atoms with Gasteiger partial charge in [-0.3, -0.25) is 9.09 Å². The van der Waals surface area contributed by atoms with Crippen LogP contribution in [0.4, 0.5) is 10.2 Å². The molecule has 1 unspecified atom stereocenters. The Morgan fingerprint density at radius 2 is 2.11 bits per heavy atom. The summed E-state index contributed by atoms with van der Waals surface area (Å²) in [4.78, 5) is 41.8. The number of ether oxygens (including phenoxy) is 1. The van der Waals surface area contributed by atoms with Crippen molar-refractivity contribution in [2.24, 2.45) is 0 Å². The quantitative estimate of drug-likeness (QED) is 0.359. The standard InChI is InChI=1S/C12H16FN3O9P2/c1-3-8-6-16(10(17)15-9(8)14)11(2)4-5-12(13,24-11)7-23-27(21,22)25-26(18,19)20/h1,6H,4-5,7H2,2H3,(H,21,22)(H2,14,15,17)(H2,18,19,20)/t11-,12+/m1/s1. The van der Waals surface area contributed by atoms with Crippen LogP contribution in [0.15, 0.2) is 11.0 Å². The summed E-state index contributed by atoms with van der Waals surface area (Å²) in [5, 5.41) is 0. The first-order valence-electron chi connectivity index (χ1n) is 7.18. The second-order valence-electron chi connectivity index (χ2n) is 5.81. The fraction of sp³-hybridized carbons (Fsp3) is 0.500. The van der Waals surface area contributed by atoms with E-state index in [4.69, 9.17) is 26.7 Å². The number of halogens is 1. The van der Waals surface area contributed by atoms with Crippen LogP contribution in [0.3, 0.4) is 0 Å². The minimum atomic E-state index is -5.35. The highest BCUT2D eigenvalue weighted by molar-refractivity contribution is 7.60. The van der Waals surface area contributed by atoms with Crippen LogP contribution >= 0.6 is 15.6 Å². The van der Waals surface area contributed by atoms with Gasteiger partial charge in [0.25, 0.3) is 0 Å². The summed E-state index contributed by atoms with van der Waals surface area (Å²) in [5.41, 5.74) is 3.13. The van der Waals surface area contributed by atoms with Crippen molar-refractivity contribution in [3.8, 4) is 12.3 Å². The maximum Gasteiger partial charge on any atom is 0.481 e. The summed E-state index contributed by atoms with van der Waals surface area (Å²) in [6.07, 6.45) is 5.94. The SMILES string of the molecule is C#Cc1cn([C@@]2(C)CC[C@@](F)(COP(=O)(O)OP(=O)(O)O)O2)c(=O)nc1N. The highest BCUT2D eigenvalue weighted by Gasteiger charge is 2.51. The Morgan fingerprint density at radius 3 is 2.67 bits per heavy atom. The molecule has 0 amide bonds. The lowest BCUT2D eigenvalue weighted by molar-refractivity contribution is -0.216. The first kappa shape index (κ1) is 21.7. The van der Waals surface area contributed by atoms with E-state index >= 15 is 0 Å². The van der Waals surface area contributed by atoms with Gasteiger partial charge in [0.1, 0.15) is 18.1 Å². The second kappa shape index (κ2) is 7.09. The third kappa shape index (κ3) is 5.22. The van der Waals surface area contributed by atoms with Gasteiger partial charge >= 0.3 is 21.3 Å². The van der Waals surface area contributed by atoms with E-state index < -0.39 is 39.5 Å². The van der Waals surface area contributed by atoms with Crippen LogP contribution in [0.1, 0.15) is 25.3 Å². The fourth-order valence-corrected chi connectivity index (χ4v) is 4.06. The highest BCUT2D eigenvalue weighted by atomic mass is 31.3. The molecule has 3 atom stereocenters. The molecule has 1 fully saturated rings. The molecule has 12 nitrogen and oxygen atoms in total. The number of nitrogens with zero attached hydrogens (tertiary/aromatic N) is 2. The largest absolute Gasteiger partial charge is 0.481 e. The fourth-order valence-electron chi connectivity index (χ4n) is 2.44. The van der Waals surface area contributed by atoms with Crippen LogP contribution in [0.2, 0.25) is 0 Å². The summed E-state index contributed by atoms with van der Waals surface area (Å²) in [5.74, 6) is -0.644. The number of rotatable bonds is 6. The van der Waals surface area contributed by atoms with Crippen molar-refractivity contribution < 1.29 is 41.8 Å². The van der Waals surface area contributed by atoms with Crippen molar-refractivity contribution in [2.45, 2.75) is 31.3 Å². The summed E-state index contributed by atoms with van der Waals surface area (Å²) >= 11 is 0. The van der Waals surface area contributed by atoms with Crippen LogP contribution in [0, 0.1) is 12.3 Å². The normalized spacial score (nSPS) is 27.9. The smallest absolute Gasteiger partial charge is 0.382 e. The summed E-state index contributed by atoms with van der Waals surface area (Å²) in [6.45, 7) is 0.147. The second-order valence-corrected chi connectivity index (χ2v) is 8.64. The molecule has 0 spiro atoms. The Balaban J connectivity index is 2.20. The monoisotopic (exact) mass is 427 g/mol. The minimum absolute atomic E-state index is 0.0712. The average Bonchev–Trinajstić information content (AvgIpc) is 2.80. The number of nitrogen functional groups attached to an aromatic ring is 1. The van der Waals surface area contributed by atoms with Crippen molar-refractivity contribution in [1.82, 2.24) is 9.55 Å². The molecule has 150 valence electrons. The van der Waals surface area contributed by atoms with Gasteiger partial charge in [-0.05, 0) is 6.92 Å². The molecule has 1 aliphatic heterocycles. The van der Waals surface area contributed by atoms with Gasteiger partial charge in [-0.15, -0.1) is 6.42 Å². The zero-order valence-electron chi connectivity index (χ0n) is 13.8. The zero-order valence-corrected chi connectivity index (χ0v) is 15.6. The zero-order chi connectivity index (χ0) is 20.7. The molecule has 1 aliphatic rings. The maximum atomic E-state index is 14.8. The van der Waals surface area contributed by atoms with E-state index in [-0.39, 0.29) is 24.2 Å². The molecule has 27 heavy (non-hydrogen) atoms. The highest BCUT2D eigenvalue weighted by Crippen LogP contribution is 2.58. The number of aromatic nitrogens is 2. The van der Waals surface area contributed by atoms with Gasteiger partial charge in [0.15, 0.2) is 0 Å². The number of hydrogen-bond donors (Lipinski definition) is 4. The summed E-state index contributed by atoms with van der Waals surface area (Å²) in [6, 6.07) is 0. The van der Waals surface area contributed by atoms with E-state index in [0.717, 1.165) is 10.8 Å². The maximum absolute atomic E-state index is 14.8. The molecule has 5 N–H and O–H groups in total. The number of phosphoric acid groups is 2. The van der Waals surface area contributed by atoms with Gasteiger partial charge in [-0.1, -0.05) is 5.92 Å². The first-order valence-corrected chi connectivity index (χ1v) is 10.2. The van der Waals surface area contributed by atoms with Crippen LogP contribution in [0.5, 0.6) is 0 Å². The molecule has 15 heteroatoms. The Hall–Kier alpha value is -1.61. The van der Waals surface area contributed by atoms with Gasteiger partial charge in [0.05, 0.1) is 5.56 Å². The molecule has 0 aliphatic carbocycles. The lowest BCUT2D eigenvalue weighted by atomic mass is 10.1. The van der Waals surface area contributed by atoms with Crippen molar-refractivity contribution in [1.29, 1.82) is 0 Å². The van der Waals surface area contributed by atoms with E-state index in [0.29, 0.717) is 0 Å². The molecule has 0 aromatic carbocycles. The molecule has 0 bridgehead atoms. The lowest BCUT2D eigenvalue weighted by Crippen LogP contribution is -2.42. The molecular formula is C12H16FN3O9P2. The Labute approximate surface area is 151 Å². The third-order valence-corrected chi connectivity index (χ3v) is 5.77. The van der Waals surface area contributed by atoms with Crippen LogP contribution < -0.4 is 11.4 Å². The van der Waals surface area contributed by atoms with E-state index in [9.17, 15) is 23.2 Å². The molecule has 1 saturated heterocycles. The van der Waals surface area contributed by atoms with Crippen molar-refractivity contribution >= 4 is 21.5 Å². The van der Waals surface area contributed by atoms with Gasteiger partial charge in [0.2, 0.25) is 5.85 Å². The molecule has 1 aromatic rings. The molecule has 0 saturated carbocycles. The number of phosphoric ester groups is 1. The third-order valence-electron chi connectivity index (χ3n) is 3.64. The number of hydrogen-bond acceptors (Lipinski definition) is 8. The number of anilines is 1. The van der Waals surface area contributed by atoms with Gasteiger partial charge < -0.3 is 25.2 Å². The predicted molar refractivity (Wildman–Crippen MR) is 87.6 cm³/mol. The van der Waals surface area contributed by atoms with Crippen LogP contribution in [0.25, 0.3) is 0 Å². The first-order chi connectivity index (χ1) is 12.2. The molecule has 2 heterocycles. The van der Waals surface area contributed by atoms with Crippen molar-refractivity contribution in [2.75, 3.05) is 12.3 Å². The van der Waals surface area contributed by atoms with E-state index in [1.54, 1.807) is 0 Å². The Kier molecular flexibility index (Phi) is 5.69. The van der Waals surface area contributed by atoms with E-state index in [2.05, 4.69) is 19.7 Å². The number of terminal acetylenes is 1. The van der Waals surface area contributed by atoms with E-state index in [1.807, 2.05) is 0 Å². The Bertz CT molecular complexity index is 941. The lowest BCUT2D eigenvalue weighted by Gasteiger charge is -2.29. The number of nitrogens with two attached hydrogens (primary N) is 1. The number of alkyl halides is 1. The molecule has 0 radical (unpaired) electrons. The predicted octanol–water partition coefficient (Wildman–Crippen LogP) is 0.182. The molecule has 1 aromatic heterocycles. The van der Waals surface area contributed by atoms with Crippen LogP contribution in [-0.4, -0.2) is 36.7 Å². The van der Waals surface area contributed by atoms with Crippen molar-refractivity contribution in [3.63, 3.8) is 0 Å². The molecular weight excluding hydrogens is 411 g/mol. The Morgan fingerprint density at radius 1 is 1.48 bits per heavy atom. The van der Waals surface area contributed by atoms with Gasteiger partial charge in [0, 0.05) is 19.0 Å². The summed E-state index contributed by atoms with van der Waals surface area (Å²) < 4.78 is 50.8. The minimum Gasteiger partial charge on any atom is -0.382 e.